The Morgan fingerprint density at radius 3 is 2.19 bits per heavy atom. The lowest BCUT2D eigenvalue weighted by Gasteiger charge is -2.14. The van der Waals surface area contributed by atoms with Gasteiger partial charge in [0.25, 0.3) is 5.91 Å². The molecule has 0 saturated heterocycles. The van der Waals surface area contributed by atoms with E-state index in [2.05, 4.69) is 5.32 Å². The first-order chi connectivity index (χ1) is 7.36. The molecule has 3 nitrogen and oxygen atoms in total. The first-order valence-corrected chi connectivity index (χ1v) is 4.43. The molecule has 0 bridgehead atoms. The zero-order chi connectivity index (χ0) is 12.3. The van der Waals surface area contributed by atoms with Crippen molar-refractivity contribution in [2.75, 3.05) is 7.05 Å². The van der Waals surface area contributed by atoms with Gasteiger partial charge in [-0.05, 0) is 17.7 Å². The van der Waals surface area contributed by atoms with Crippen LogP contribution in [0.4, 0.5) is 13.2 Å². The molecule has 16 heavy (non-hydrogen) atoms. The Labute approximate surface area is 89.9 Å². The van der Waals surface area contributed by atoms with Crippen molar-refractivity contribution in [3.63, 3.8) is 0 Å². The van der Waals surface area contributed by atoms with Crippen LogP contribution in [0.5, 0.6) is 0 Å². The Morgan fingerprint density at radius 2 is 1.81 bits per heavy atom. The highest BCUT2D eigenvalue weighted by atomic mass is 19.4. The van der Waals surface area contributed by atoms with Crippen LogP contribution in [0.3, 0.4) is 0 Å². The number of amides is 1. The van der Waals surface area contributed by atoms with Crippen molar-refractivity contribution in [2.45, 2.75) is 12.3 Å². The summed E-state index contributed by atoms with van der Waals surface area (Å²) in [5.74, 6) is -0.395. The van der Waals surface area contributed by atoms with Crippen molar-refractivity contribution in [3.8, 4) is 0 Å². The van der Waals surface area contributed by atoms with E-state index in [9.17, 15) is 18.0 Å². The summed E-state index contributed by atoms with van der Waals surface area (Å²) in [7, 11) is 1.42. The number of carbonyl (C=O) groups is 1. The predicted molar refractivity (Wildman–Crippen MR) is 50.8 cm³/mol. The van der Waals surface area contributed by atoms with E-state index in [1.54, 1.807) is 0 Å². The molecule has 6 heteroatoms. The van der Waals surface area contributed by atoms with Gasteiger partial charge in [-0.25, -0.2) is 0 Å². The normalized spacial score (nSPS) is 13.3. The summed E-state index contributed by atoms with van der Waals surface area (Å²) in [6, 6.07) is 4.59. The Kier molecular flexibility index (Phi) is 3.54. The maximum absolute atomic E-state index is 12.1. The first-order valence-electron chi connectivity index (χ1n) is 4.43. The smallest absolute Gasteiger partial charge is 0.379 e. The van der Waals surface area contributed by atoms with Crippen LogP contribution in [0, 0.1) is 0 Å². The van der Waals surface area contributed by atoms with Gasteiger partial charge >= 0.3 is 6.18 Å². The molecule has 0 aliphatic carbocycles. The number of carbonyl (C=O) groups excluding carboxylic acids is 1. The van der Waals surface area contributed by atoms with Crippen LogP contribution in [0.1, 0.15) is 22.0 Å². The molecule has 1 rings (SSSR count). The van der Waals surface area contributed by atoms with E-state index in [1.165, 1.54) is 19.2 Å². The first kappa shape index (κ1) is 12.5. The second kappa shape index (κ2) is 4.52. The van der Waals surface area contributed by atoms with E-state index in [4.69, 9.17) is 5.11 Å². The molecule has 1 aromatic carbocycles. The van der Waals surface area contributed by atoms with Crippen LogP contribution in [0.25, 0.3) is 0 Å². The van der Waals surface area contributed by atoms with E-state index in [0.29, 0.717) is 0 Å². The molecular weight excluding hydrogens is 223 g/mol. The van der Waals surface area contributed by atoms with Crippen LogP contribution in [0.2, 0.25) is 0 Å². The fraction of sp³-hybridized carbons (Fsp3) is 0.300. The second-order valence-corrected chi connectivity index (χ2v) is 3.15. The topological polar surface area (TPSA) is 49.3 Å². The van der Waals surface area contributed by atoms with E-state index in [-0.39, 0.29) is 11.1 Å². The summed E-state index contributed by atoms with van der Waals surface area (Å²) in [6.45, 7) is 0. The molecule has 0 fully saturated rings. The summed E-state index contributed by atoms with van der Waals surface area (Å²) in [4.78, 5) is 11.1. The minimum absolute atomic E-state index is 0.237. The quantitative estimate of drug-likeness (QED) is 0.815. The lowest BCUT2D eigenvalue weighted by molar-refractivity contribution is -0.206. The van der Waals surface area contributed by atoms with Gasteiger partial charge in [0.2, 0.25) is 0 Å². The number of benzene rings is 1. The van der Waals surface area contributed by atoms with Crippen molar-refractivity contribution in [1.82, 2.24) is 5.32 Å². The molecule has 0 heterocycles. The maximum Gasteiger partial charge on any atom is 0.418 e. The van der Waals surface area contributed by atoms with E-state index in [1.807, 2.05) is 0 Å². The molecule has 2 N–H and O–H groups in total. The van der Waals surface area contributed by atoms with Crippen LogP contribution in [-0.4, -0.2) is 24.2 Å². The number of alkyl halides is 3. The molecule has 88 valence electrons. The summed E-state index contributed by atoms with van der Waals surface area (Å²) in [6.07, 6.45) is -7.22. The third-order valence-electron chi connectivity index (χ3n) is 2.03. The van der Waals surface area contributed by atoms with Crippen LogP contribution in [-0.2, 0) is 0 Å². The van der Waals surface area contributed by atoms with Crippen LogP contribution in [0.15, 0.2) is 24.3 Å². The Morgan fingerprint density at radius 1 is 1.31 bits per heavy atom. The monoisotopic (exact) mass is 233 g/mol. The SMILES string of the molecule is CNC(=O)c1ccc(C(O)C(F)(F)F)cc1. The molecule has 1 atom stereocenters. The van der Waals surface area contributed by atoms with Gasteiger partial charge in [-0.3, -0.25) is 4.79 Å². The standard InChI is InChI=1S/C10H10F3NO2/c1-14-9(16)7-4-2-6(3-5-7)8(15)10(11,12)13/h2-5,8,15H,1H3,(H,14,16). The van der Waals surface area contributed by atoms with Gasteiger partial charge < -0.3 is 10.4 Å². The van der Waals surface area contributed by atoms with Crippen LogP contribution >= 0.6 is 0 Å². The number of halogens is 3. The van der Waals surface area contributed by atoms with Gasteiger partial charge in [0.1, 0.15) is 0 Å². The molecule has 1 aromatic rings. The van der Waals surface area contributed by atoms with E-state index < -0.39 is 18.2 Å². The van der Waals surface area contributed by atoms with Gasteiger partial charge in [-0.1, -0.05) is 12.1 Å². The Balaban J connectivity index is 2.91. The van der Waals surface area contributed by atoms with Crippen molar-refractivity contribution in [3.05, 3.63) is 35.4 Å². The lowest BCUT2D eigenvalue weighted by atomic mass is 10.1. The largest absolute Gasteiger partial charge is 0.418 e. The summed E-state index contributed by atoms with van der Waals surface area (Å²) in [5.41, 5.74) is -0.0548. The van der Waals surface area contributed by atoms with Gasteiger partial charge in [-0.2, -0.15) is 13.2 Å². The number of hydrogen-bond acceptors (Lipinski definition) is 2. The molecule has 1 unspecified atom stereocenters. The average molecular weight is 233 g/mol. The second-order valence-electron chi connectivity index (χ2n) is 3.15. The third kappa shape index (κ3) is 2.73. The fourth-order valence-electron chi connectivity index (χ4n) is 1.15. The molecule has 0 radical (unpaired) electrons. The minimum atomic E-state index is -4.70. The van der Waals surface area contributed by atoms with Crippen LogP contribution < -0.4 is 5.32 Å². The lowest BCUT2D eigenvalue weighted by Crippen LogP contribution is -2.21. The number of aliphatic hydroxyl groups excluding tert-OH is 1. The fourth-order valence-corrected chi connectivity index (χ4v) is 1.15. The summed E-state index contributed by atoms with van der Waals surface area (Å²) < 4.78 is 36.4. The molecular formula is C10H10F3NO2. The van der Waals surface area contributed by atoms with Crippen molar-refractivity contribution in [2.24, 2.45) is 0 Å². The Bertz CT molecular complexity index is 373. The minimum Gasteiger partial charge on any atom is -0.379 e. The highest BCUT2D eigenvalue weighted by Gasteiger charge is 2.39. The van der Waals surface area contributed by atoms with Gasteiger partial charge in [0.15, 0.2) is 6.10 Å². The molecule has 0 spiro atoms. The zero-order valence-electron chi connectivity index (χ0n) is 8.38. The third-order valence-corrected chi connectivity index (χ3v) is 2.03. The number of nitrogens with one attached hydrogen (secondary N) is 1. The predicted octanol–water partition coefficient (Wildman–Crippen LogP) is 1.64. The average Bonchev–Trinajstić information content (AvgIpc) is 2.26. The summed E-state index contributed by atoms with van der Waals surface area (Å²) >= 11 is 0. The molecule has 1 amide bonds. The maximum atomic E-state index is 12.1. The molecule has 0 aliphatic rings. The number of hydrogen-bond donors (Lipinski definition) is 2. The van der Waals surface area contributed by atoms with Crippen molar-refractivity contribution < 1.29 is 23.1 Å². The highest BCUT2D eigenvalue weighted by Crippen LogP contribution is 2.32. The van der Waals surface area contributed by atoms with Gasteiger partial charge in [0.05, 0.1) is 0 Å². The molecule has 0 saturated carbocycles. The number of rotatable bonds is 2. The van der Waals surface area contributed by atoms with Gasteiger partial charge in [-0.15, -0.1) is 0 Å². The summed E-state index contributed by atoms with van der Waals surface area (Å²) in [5, 5.41) is 11.3. The van der Waals surface area contributed by atoms with Gasteiger partial charge in [0, 0.05) is 12.6 Å². The Hall–Kier alpha value is -1.56. The zero-order valence-corrected chi connectivity index (χ0v) is 8.38. The van der Waals surface area contributed by atoms with E-state index >= 15 is 0 Å². The number of aliphatic hydroxyl groups is 1. The van der Waals surface area contributed by atoms with E-state index in [0.717, 1.165) is 12.1 Å². The van der Waals surface area contributed by atoms with Crippen molar-refractivity contribution >= 4 is 5.91 Å². The van der Waals surface area contributed by atoms with Crippen molar-refractivity contribution in [1.29, 1.82) is 0 Å². The molecule has 0 aromatic heterocycles. The highest BCUT2D eigenvalue weighted by molar-refractivity contribution is 5.93. The molecule has 0 aliphatic heterocycles.